The highest BCUT2D eigenvalue weighted by molar-refractivity contribution is 5.98. The standard InChI is InChI=1S/C16H19N3O2/c1-17-6-8-18(9-7-17)16(21)11-19-10-13(12-20)14-4-2-3-5-15(14)19/h2-5,10,12H,6-9,11H2,1H3. The summed E-state index contributed by atoms with van der Waals surface area (Å²) in [6.45, 7) is 3.66. The highest BCUT2D eigenvalue weighted by Gasteiger charge is 2.20. The predicted octanol–water partition coefficient (Wildman–Crippen LogP) is 1.23. The third kappa shape index (κ3) is 2.69. The average Bonchev–Trinajstić information content (AvgIpc) is 2.86. The molecule has 3 rings (SSSR count). The van der Waals surface area contributed by atoms with E-state index in [1.54, 1.807) is 6.20 Å². The van der Waals surface area contributed by atoms with Gasteiger partial charge in [0.2, 0.25) is 5.91 Å². The zero-order valence-electron chi connectivity index (χ0n) is 12.2. The Balaban J connectivity index is 1.81. The van der Waals surface area contributed by atoms with Gasteiger partial charge in [0, 0.05) is 48.8 Å². The number of carbonyl (C=O) groups is 2. The van der Waals surface area contributed by atoms with Crippen LogP contribution in [-0.2, 0) is 11.3 Å². The molecular weight excluding hydrogens is 266 g/mol. The van der Waals surface area contributed by atoms with Crippen LogP contribution < -0.4 is 0 Å². The molecule has 5 heteroatoms. The Morgan fingerprint density at radius 3 is 2.62 bits per heavy atom. The molecule has 1 aliphatic heterocycles. The molecule has 0 saturated carbocycles. The van der Waals surface area contributed by atoms with Crippen molar-refractivity contribution >= 4 is 23.1 Å². The van der Waals surface area contributed by atoms with Gasteiger partial charge in [-0.3, -0.25) is 9.59 Å². The number of aromatic nitrogens is 1. The van der Waals surface area contributed by atoms with E-state index in [-0.39, 0.29) is 12.5 Å². The highest BCUT2D eigenvalue weighted by atomic mass is 16.2. The molecule has 0 N–H and O–H groups in total. The smallest absolute Gasteiger partial charge is 0.242 e. The van der Waals surface area contributed by atoms with E-state index in [9.17, 15) is 9.59 Å². The minimum Gasteiger partial charge on any atom is -0.339 e. The van der Waals surface area contributed by atoms with Gasteiger partial charge in [-0.25, -0.2) is 0 Å². The zero-order valence-corrected chi connectivity index (χ0v) is 12.2. The van der Waals surface area contributed by atoms with E-state index in [1.807, 2.05) is 33.7 Å². The second kappa shape index (κ2) is 5.69. The Labute approximate surface area is 123 Å². The molecule has 1 fully saturated rings. The van der Waals surface area contributed by atoms with E-state index in [0.29, 0.717) is 5.56 Å². The van der Waals surface area contributed by atoms with Crippen molar-refractivity contribution in [3.05, 3.63) is 36.0 Å². The highest BCUT2D eigenvalue weighted by Crippen LogP contribution is 2.20. The molecule has 0 bridgehead atoms. The monoisotopic (exact) mass is 285 g/mol. The summed E-state index contributed by atoms with van der Waals surface area (Å²) in [5.74, 6) is 0.112. The molecular formula is C16H19N3O2. The van der Waals surface area contributed by atoms with Gasteiger partial charge in [0.15, 0.2) is 6.29 Å². The minimum absolute atomic E-state index is 0.112. The van der Waals surface area contributed by atoms with Crippen LogP contribution in [-0.4, -0.2) is 59.8 Å². The first kappa shape index (κ1) is 13.8. The van der Waals surface area contributed by atoms with Gasteiger partial charge in [0.05, 0.1) is 0 Å². The van der Waals surface area contributed by atoms with Crippen LogP contribution in [0, 0.1) is 0 Å². The van der Waals surface area contributed by atoms with Gasteiger partial charge < -0.3 is 14.4 Å². The maximum atomic E-state index is 12.4. The van der Waals surface area contributed by atoms with Gasteiger partial charge in [-0.05, 0) is 13.1 Å². The third-order valence-electron chi connectivity index (χ3n) is 4.11. The Morgan fingerprint density at radius 1 is 1.19 bits per heavy atom. The molecule has 0 unspecified atom stereocenters. The minimum atomic E-state index is 0.112. The molecule has 5 nitrogen and oxygen atoms in total. The van der Waals surface area contributed by atoms with Crippen LogP contribution in [0.15, 0.2) is 30.5 Å². The summed E-state index contributed by atoms with van der Waals surface area (Å²) in [4.78, 5) is 27.7. The number of para-hydroxylation sites is 1. The average molecular weight is 285 g/mol. The van der Waals surface area contributed by atoms with Crippen LogP contribution in [0.25, 0.3) is 10.9 Å². The van der Waals surface area contributed by atoms with Gasteiger partial charge in [-0.2, -0.15) is 0 Å². The Morgan fingerprint density at radius 2 is 1.90 bits per heavy atom. The Hall–Kier alpha value is -2.14. The maximum absolute atomic E-state index is 12.4. The van der Waals surface area contributed by atoms with Crippen LogP contribution in [0.1, 0.15) is 10.4 Å². The molecule has 0 atom stereocenters. The van der Waals surface area contributed by atoms with Gasteiger partial charge >= 0.3 is 0 Å². The van der Waals surface area contributed by atoms with Gasteiger partial charge in [0.25, 0.3) is 0 Å². The number of amides is 1. The molecule has 2 heterocycles. The fourth-order valence-corrected chi connectivity index (χ4v) is 2.80. The Bertz CT molecular complexity index is 669. The molecule has 1 aromatic carbocycles. The van der Waals surface area contributed by atoms with Crippen LogP contribution in [0.3, 0.4) is 0 Å². The quantitative estimate of drug-likeness (QED) is 0.797. The van der Waals surface area contributed by atoms with Crippen molar-refractivity contribution in [3.63, 3.8) is 0 Å². The summed E-state index contributed by atoms with van der Waals surface area (Å²) < 4.78 is 1.87. The van der Waals surface area contributed by atoms with E-state index >= 15 is 0 Å². The summed E-state index contributed by atoms with van der Waals surface area (Å²) >= 11 is 0. The third-order valence-corrected chi connectivity index (χ3v) is 4.11. The molecule has 0 spiro atoms. The number of piperazine rings is 1. The first-order valence-corrected chi connectivity index (χ1v) is 7.18. The molecule has 21 heavy (non-hydrogen) atoms. The predicted molar refractivity (Wildman–Crippen MR) is 81.4 cm³/mol. The van der Waals surface area contributed by atoms with Crippen molar-refractivity contribution in [2.45, 2.75) is 6.54 Å². The molecule has 0 radical (unpaired) electrons. The van der Waals surface area contributed by atoms with Crippen LogP contribution in [0.4, 0.5) is 0 Å². The molecule has 2 aromatic rings. The first-order valence-electron chi connectivity index (χ1n) is 7.18. The number of benzene rings is 1. The summed E-state index contributed by atoms with van der Waals surface area (Å²) in [7, 11) is 2.07. The van der Waals surface area contributed by atoms with Gasteiger partial charge in [-0.15, -0.1) is 0 Å². The van der Waals surface area contributed by atoms with E-state index < -0.39 is 0 Å². The van der Waals surface area contributed by atoms with Crippen LogP contribution in [0.5, 0.6) is 0 Å². The first-order chi connectivity index (χ1) is 10.2. The topological polar surface area (TPSA) is 45.5 Å². The normalized spacial score (nSPS) is 16.3. The molecule has 0 aliphatic carbocycles. The van der Waals surface area contributed by atoms with Crippen molar-refractivity contribution in [1.82, 2.24) is 14.4 Å². The van der Waals surface area contributed by atoms with E-state index in [0.717, 1.165) is 43.4 Å². The SMILES string of the molecule is CN1CCN(C(=O)Cn2cc(C=O)c3ccccc32)CC1. The van der Waals surface area contributed by atoms with Crippen LogP contribution >= 0.6 is 0 Å². The fourth-order valence-electron chi connectivity index (χ4n) is 2.80. The van der Waals surface area contributed by atoms with Gasteiger partial charge in [-0.1, -0.05) is 18.2 Å². The Kier molecular flexibility index (Phi) is 3.75. The second-order valence-electron chi connectivity index (χ2n) is 5.53. The number of carbonyl (C=O) groups excluding carboxylic acids is 2. The number of nitrogens with zero attached hydrogens (tertiary/aromatic N) is 3. The van der Waals surface area contributed by atoms with Crippen LogP contribution in [0.2, 0.25) is 0 Å². The molecule has 1 aliphatic rings. The molecule has 1 saturated heterocycles. The number of hydrogen-bond donors (Lipinski definition) is 0. The van der Waals surface area contributed by atoms with Crippen molar-refractivity contribution < 1.29 is 9.59 Å². The number of hydrogen-bond acceptors (Lipinski definition) is 3. The lowest BCUT2D eigenvalue weighted by Gasteiger charge is -2.32. The molecule has 1 aromatic heterocycles. The lowest BCUT2D eigenvalue weighted by atomic mass is 10.2. The number of likely N-dealkylation sites (N-methyl/N-ethyl adjacent to an activating group) is 1. The van der Waals surface area contributed by atoms with Crippen molar-refractivity contribution in [2.24, 2.45) is 0 Å². The lowest BCUT2D eigenvalue weighted by molar-refractivity contribution is -0.133. The number of rotatable bonds is 3. The molecule has 110 valence electrons. The second-order valence-corrected chi connectivity index (χ2v) is 5.53. The largest absolute Gasteiger partial charge is 0.339 e. The summed E-state index contributed by atoms with van der Waals surface area (Å²) in [6, 6.07) is 7.69. The number of aldehydes is 1. The summed E-state index contributed by atoms with van der Waals surface area (Å²) in [5, 5.41) is 0.902. The van der Waals surface area contributed by atoms with Crippen molar-refractivity contribution in [1.29, 1.82) is 0 Å². The van der Waals surface area contributed by atoms with E-state index in [1.165, 1.54) is 0 Å². The van der Waals surface area contributed by atoms with Crippen molar-refractivity contribution in [3.8, 4) is 0 Å². The zero-order chi connectivity index (χ0) is 14.8. The lowest BCUT2D eigenvalue weighted by Crippen LogP contribution is -2.48. The van der Waals surface area contributed by atoms with Gasteiger partial charge in [0.1, 0.15) is 6.54 Å². The molecule has 1 amide bonds. The van der Waals surface area contributed by atoms with Crippen molar-refractivity contribution in [2.75, 3.05) is 33.2 Å². The van der Waals surface area contributed by atoms with E-state index in [2.05, 4.69) is 11.9 Å². The maximum Gasteiger partial charge on any atom is 0.242 e. The fraction of sp³-hybridized carbons (Fsp3) is 0.375. The summed E-state index contributed by atoms with van der Waals surface area (Å²) in [6.07, 6.45) is 2.62. The van der Waals surface area contributed by atoms with E-state index in [4.69, 9.17) is 0 Å². The summed E-state index contributed by atoms with van der Waals surface area (Å²) in [5.41, 5.74) is 1.57. The number of fused-ring (bicyclic) bond motifs is 1.